The van der Waals surface area contributed by atoms with Gasteiger partial charge < -0.3 is 15.4 Å². The number of nitrogens with one attached hydrogen (secondary N) is 2. The minimum Gasteiger partial charge on any atom is -0.462 e. The van der Waals surface area contributed by atoms with Crippen LogP contribution >= 0.6 is 0 Å². The molecule has 4 aromatic rings. The van der Waals surface area contributed by atoms with Crippen molar-refractivity contribution in [3.05, 3.63) is 59.2 Å². The fourth-order valence-electron chi connectivity index (χ4n) is 4.69. The van der Waals surface area contributed by atoms with E-state index >= 15 is 0 Å². The molecule has 0 spiro atoms. The van der Waals surface area contributed by atoms with Crippen molar-refractivity contribution in [2.75, 3.05) is 24.3 Å². The summed E-state index contributed by atoms with van der Waals surface area (Å²) >= 11 is 0. The number of carbonyl (C=O) groups excluding carboxylic acids is 1. The molecule has 0 bridgehead atoms. The van der Waals surface area contributed by atoms with Crippen molar-refractivity contribution in [2.24, 2.45) is 5.92 Å². The summed E-state index contributed by atoms with van der Waals surface area (Å²) in [5.74, 6) is 2.40. The van der Waals surface area contributed by atoms with Gasteiger partial charge in [-0.25, -0.2) is 24.1 Å². The molecule has 0 saturated heterocycles. The van der Waals surface area contributed by atoms with Crippen molar-refractivity contribution in [1.82, 2.24) is 29.5 Å². The predicted molar refractivity (Wildman–Crippen MR) is 147 cm³/mol. The van der Waals surface area contributed by atoms with Gasteiger partial charge in [-0.1, -0.05) is 19.1 Å². The first-order valence-corrected chi connectivity index (χ1v) is 13.1. The van der Waals surface area contributed by atoms with Gasteiger partial charge in [-0.3, -0.25) is 0 Å². The van der Waals surface area contributed by atoms with Crippen molar-refractivity contribution in [3.8, 4) is 17.1 Å². The zero-order valence-corrected chi connectivity index (χ0v) is 22.6. The maximum Gasteiger partial charge on any atom is 0.341 e. The van der Waals surface area contributed by atoms with Crippen molar-refractivity contribution >= 4 is 23.3 Å². The number of hydrogen-bond acceptors (Lipinski definition) is 8. The Balaban J connectivity index is 1.51. The average molecular weight is 515 g/mol. The van der Waals surface area contributed by atoms with E-state index in [0.29, 0.717) is 41.1 Å². The highest BCUT2D eigenvalue weighted by Crippen LogP contribution is 2.36. The Hall–Kier alpha value is -4.21. The number of aryl methyl sites for hydroxylation is 1. The van der Waals surface area contributed by atoms with E-state index in [9.17, 15) is 4.79 Å². The van der Waals surface area contributed by atoms with Gasteiger partial charge in [0.05, 0.1) is 23.7 Å². The van der Waals surface area contributed by atoms with E-state index in [1.54, 1.807) is 18.5 Å². The molecule has 0 atom stereocenters. The molecule has 1 fully saturated rings. The largest absolute Gasteiger partial charge is 0.462 e. The number of carbonyl (C=O) groups is 1. The van der Waals surface area contributed by atoms with Gasteiger partial charge in [0.1, 0.15) is 23.5 Å². The molecule has 5 rings (SSSR count). The molecule has 38 heavy (non-hydrogen) atoms. The van der Waals surface area contributed by atoms with Crippen LogP contribution in [0.4, 0.5) is 17.3 Å². The van der Waals surface area contributed by atoms with Gasteiger partial charge >= 0.3 is 5.97 Å². The minimum absolute atomic E-state index is 0.306. The minimum atomic E-state index is -0.381. The van der Waals surface area contributed by atoms with Crippen LogP contribution < -0.4 is 10.6 Å². The van der Waals surface area contributed by atoms with Crippen LogP contribution in [-0.4, -0.2) is 49.2 Å². The summed E-state index contributed by atoms with van der Waals surface area (Å²) in [6, 6.07) is 10.2. The van der Waals surface area contributed by atoms with Gasteiger partial charge in [0.2, 0.25) is 0 Å². The molecule has 198 valence electrons. The number of benzene rings is 1. The second kappa shape index (κ2) is 10.6. The second-order valence-corrected chi connectivity index (χ2v) is 9.55. The van der Waals surface area contributed by atoms with Crippen molar-refractivity contribution in [1.29, 1.82) is 0 Å². The van der Waals surface area contributed by atoms with Crippen LogP contribution in [-0.2, 0) is 17.7 Å². The summed E-state index contributed by atoms with van der Waals surface area (Å²) in [4.78, 5) is 21.4. The summed E-state index contributed by atoms with van der Waals surface area (Å²) in [6.07, 6.45) is 4.77. The van der Waals surface area contributed by atoms with E-state index in [1.165, 1.54) is 19.2 Å². The first-order chi connectivity index (χ1) is 18.4. The van der Waals surface area contributed by atoms with Gasteiger partial charge in [0.15, 0.2) is 5.82 Å². The fraction of sp³-hybridized carbons (Fsp3) is 0.393. The molecule has 10 heteroatoms. The molecule has 10 nitrogen and oxygen atoms in total. The summed E-state index contributed by atoms with van der Waals surface area (Å²) in [5, 5.41) is 16.3. The van der Waals surface area contributed by atoms with E-state index in [2.05, 4.69) is 61.6 Å². The molecule has 0 aliphatic heterocycles. The molecule has 0 amide bonds. The highest BCUT2D eigenvalue weighted by molar-refractivity contribution is 5.92. The first-order valence-electron chi connectivity index (χ1n) is 13.1. The van der Waals surface area contributed by atoms with Gasteiger partial charge in [-0.2, -0.15) is 10.2 Å². The first kappa shape index (κ1) is 25.4. The number of hydrogen-bond donors (Lipinski definition) is 2. The topological polar surface area (TPSA) is 112 Å². The molecular formula is C28H34N8O2. The Kier molecular flexibility index (Phi) is 7.13. The SMILES string of the molecule is CCOC(=O)c1c(C)nn(-c2cc(Nc3c(CC)c(-c4ccc(NC)cc4)nn3CC3CC3)ncn2)c1C. The van der Waals surface area contributed by atoms with Crippen LogP contribution in [0.3, 0.4) is 0 Å². The normalized spacial score (nSPS) is 13.0. The number of esters is 1. The maximum atomic E-state index is 12.5. The average Bonchev–Trinajstić information content (AvgIpc) is 3.60. The van der Waals surface area contributed by atoms with E-state index in [4.69, 9.17) is 9.84 Å². The molecule has 2 N–H and O–H groups in total. The lowest BCUT2D eigenvalue weighted by Crippen LogP contribution is -2.10. The summed E-state index contributed by atoms with van der Waals surface area (Å²) < 4.78 is 8.96. The third-order valence-electron chi connectivity index (χ3n) is 6.87. The van der Waals surface area contributed by atoms with Crippen LogP contribution in [0.25, 0.3) is 17.1 Å². The van der Waals surface area contributed by atoms with Crippen molar-refractivity contribution in [2.45, 2.75) is 53.5 Å². The van der Waals surface area contributed by atoms with Crippen LogP contribution in [0.2, 0.25) is 0 Å². The highest BCUT2D eigenvalue weighted by atomic mass is 16.5. The lowest BCUT2D eigenvalue weighted by atomic mass is 10.1. The molecule has 0 radical (unpaired) electrons. The Morgan fingerprint density at radius 2 is 1.87 bits per heavy atom. The van der Waals surface area contributed by atoms with Crippen LogP contribution in [0.1, 0.15) is 54.0 Å². The fourth-order valence-corrected chi connectivity index (χ4v) is 4.69. The van der Waals surface area contributed by atoms with Gasteiger partial charge in [-0.15, -0.1) is 0 Å². The van der Waals surface area contributed by atoms with E-state index in [0.717, 1.165) is 41.3 Å². The van der Waals surface area contributed by atoms with Gasteiger partial charge in [0.25, 0.3) is 0 Å². The smallest absolute Gasteiger partial charge is 0.341 e. The predicted octanol–water partition coefficient (Wildman–Crippen LogP) is 5.08. The summed E-state index contributed by atoms with van der Waals surface area (Å²) in [5.41, 5.74) is 5.99. The zero-order chi connectivity index (χ0) is 26.8. The van der Waals surface area contributed by atoms with Crippen LogP contribution in [0.5, 0.6) is 0 Å². The second-order valence-electron chi connectivity index (χ2n) is 9.55. The molecule has 1 aliphatic rings. The summed E-state index contributed by atoms with van der Waals surface area (Å²) in [6.45, 7) is 8.74. The third-order valence-corrected chi connectivity index (χ3v) is 6.87. The Labute approximate surface area is 222 Å². The Morgan fingerprint density at radius 1 is 1.11 bits per heavy atom. The number of ether oxygens (including phenoxy) is 1. The molecular weight excluding hydrogens is 480 g/mol. The van der Waals surface area contributed by atoms with Crippen molar-refractivity contribution < 1.29 is 9.53 Å². The zero-order valence-electron chi connectivity index (χ0n) is 22.6. The molecule has 1 saturated carbocycles. The van der Waals surface area contributed by atoms with Crippen LogP contribution in [0.15, 0.2) is 36.7 Å². The van der Waals surface area contributed by atoms with E-state index < -0.39 is 0 Å². The molecule has 0 unspecified atom stereocenters. The number of aromatic nitrogens is 6. The monoisotopic (exact) mass is 514 g/mol. The molecule has 3 heterocycles. The lowest BCUT2D eigenvalue weighted by molar-refractivity contribution is 0.0524. The van der Waals surface area contributed by atoms with E-state index in [-0.39, 0.29) is 5.97 Å². The number of anilines is 3. The van der Waals surface area contributed by atoms with Crippen LogP contribution in [0, 0.1) is 19.8 Å². The summed E-state index contributed by atoms with van der Waals surface area (Å²) in [7, 11) is 1.92. The molecule has 1 aliphatic carbocycles. The Morgan fingerprint density at radius 3 is 2.53 bits per heavy atom. The highest BCUT2D eigenvalue weighted by Gasteiger charge is 2.27. The number of rotatable bonds is 10. The lowest BCUT2D eigenvalue weighted by Gasteiger charge is -2.12. The van der Waals surface area contributed by atoms with Gasteiger partial charge in [-0.05, 0) is 58.1 Å². The molecule has 3 aromatic heterocycles. The van der Waals surface area contributed by atoms with Gasteiger partial charge in [0, 0.05) is 36.5 Å². The standard InChI is InChI=1S/C28H34N8O2/c1-6-22-26(20-10-12-21(29-5)13-11-20)34-35(15-19-8-9-19)27(22)32-23-14-24(31-16-30-23)36-18(4)25(17(3)33-36)28(37)38-7-2/h10-14,16,19,29H,6-9,15H2,1-5H3,(H,30,31,32). The number of nitrogens with zero attached hydrogens (tertiary/aromatic N) is 6. The van der Waals surface area contributed by atoms with E-state index in [1.807, 2.05) is 20.0 Å². The van der Waals surface area contributed by atoms with Crippen molar-refractivity contribution in [3.63, 3.8) is 0 Å². The quantitative estimate of drug-likeness (QED) is 0.282. The Bertz CT molecular complexity index is 1450. The third kappa shape index (κ3) is 4.98. The maximum absolute atomic E-state index is 12.5. The molecule has 1 aromatic carbocycles.